The third-order valence-electron chi connectivity index (χ3n) is 5.19. The van der Waals surface area contributed by atoms with Crippen LogP contribution in [0.1, 0.15) is 37.7 Å². The van der Waals surface area contributed by atoms with Gasteiger partial charge in [-0.05, 0) is 36.0 Å². The zero-order valence-corrected chi connectivity index (χ0v) is 13.0. The van der Waals surface area contributed by atoms with Gasteiger partial charge in [0.2, 0.25) is 0 Å². The molecule has 1 spiro atoms. The largest absolute Gasteiger partial charge is 0.481 e. The van der Waals surface area contributed by atoms with Crippen LogP contribution in [-0.2, 0) is 11.3 Å². The Balaban J connectivity index is 1.73. The molecule has 114 valence electrons. The molecule has 3 nitrogen and oxygen atoms in total. The Bertz CT molecular complexity index is 508. The van der Waals surface area contributed by atoms with Crippen molar-refractivity contribution in [1.29, 1.82) is 0 Å². The van der Waals surface area contributed by atoms with Crippen molar-refractivity contribution in [2.75, 3.05) is 13.1 Å². The predicted octanol–water partition coefficient (Wildman–Crippen LogP) is 3.81. The molecule has 21 heavy (non-hydrogen) atoms. The van der Waals surface area contributed by atoms with Crippen LogP contribution in [0.4, 0.5) is 0 Å². The van der Waals surface area contributed by atoms with Crippen molar-refractivity contribution in [3.05, 3.63) is 34.9 Å². The highest BCUT2D eigenvalue weighted by Gasteiger charge is 2.50. The fourth-order valence-electron chi connectivity index (χ4n) is 4.14. The van der Waals surface area contributed by atoms with E-state index in [-0.39, 0.29) is 11.3 Å². The van der Waals surface area contributed by atoms with Crippen molar-refractivity contribution in [2.45, 2.75) is 38.6 Å². The van der Waals surface area contributed by atoms with Crippen LogP contribution in [0.25, 0.3) is 0 Å². The van der Waals surface area contributed by atoms with E-state index >= 15 is 0 Å². The molecule has 0 amide bonds. The molecule has 3 rings (SSSR count). The van der Waals surface area contributed by atoms with Crippen LogP contribution in [-0.4, -0.2) is 29.1 Å². The van der Waals surface area contributed by atoms with Crippen molar-refractivity contribution in [1.82, 2.24) is 4.90 Å². The third-order valence-corrected chi connectivity index (χ3v) is 5.44. The highest BCUT2D eigenvalue weighted by atomic mass is 35.5. The van der Waals surface area contributed by atoms with Gasteiger partial charge in [0, 0.05) is 24.7 Å². The molecule has 1 aromatic rings. The second-order valence-electron chi connectivity index (χ2n) is 6.61. The minimum absolute atomic E-state index is 0.0104. The van der Waals surface area contributed by atoms with E-state index < -0.39 is 5.97 Å². The molecule has 2 fully saturated rings. The minimum atomic E-state index is -0.615. The van der Waals surface area contributed by atoms with Crippen molar-refractivity contribution in [2.24, 2.45) is 11.3 Å². The summed E-state index contributed by atoms with van der Waals surface area (Å²) in [5, 5.41) is 10.3. The number of benzene rings is 1. The molecular formula is C17H22ClNO2. The second kappa shape index (κ2) is 5.98. The number of halogens is 1. The van der Waals surface area contributed by atoms with Gasteiger partial charge in [-0.1, -0.05) is 43.0 Å². The number of rotatable bonds is 3. The summed E-state index contributed by atoms with van der Waals surface area (Å²) in [7, 11) is 0. The van der Waals surface area contributed by atoms with E-state index in [9.17, 15) is 9.90 Å². The summed E-state index contributed by atoms with van der Waals surface area (Å²) in [4.78, 5) is 14.0. The summed E-state index contributed by atoms with van der Waals surface area (Å²) in [6.07, 6.45) is 5.75. The average Bonchev–Trinajstić information content (AvgIpc) is 2.80. The number of nitrogens with zero attached hydrogens (tertiary/aromatic N) is 1. The molecule has 1 saturated carbocycles. The van der Waals surface area contributed by atoms with Crippen LogP contribution < -0.4 is 0 Å². The number of carboxylic acid groups (broad SMARTS) is 1. The van der Waals surface area contributed by atoms with Gasteiger partial charge in [-0.3, -0.25) is 9.69 Å². The highest BCUT2D eigenvalue weighted by Crippen LogP contribution is 2.47. The van der Waals surface area contributed by atoms with Gasteiger partial charge in [0.25, 0.3) is 0 Å². The SMILES string of the molecule is O=C(O)[C@@H]1CN(Cc2ccc(Cl)cc2)CC12CCCCC2. The first-order chi connectivity index (χ1) is 10.1. The molecule has 0 aromatic heterocycles. The Morgan fingerprint density at radius 3 is 2.52 bits per heavy atom. The Morgan fingerprint density at radius 1 is 1.24 bits per heavy atom. The molecule has 4 heteroatoms. The van der Waals surface area contributed by atoms with E-state index in [0.29, 0.717) is 6.54 Å². The molecule has 1 aliphatic carbocycles. The third kappa shape index (κ3) is 3.09. The predicted molar refractivity (Wildman–Crippen MR) is 83.4 cm³/mol. The van der Waals surface area contributed by atoms with Crippen molar-refractivity contribution < 1.29 is 9.90 Å². The summed E-state index contributed by atoms with van der Waals surface area (Å²) in [6, 6.07) is 7.87. The fourth-order valence-corrected chi connectivity index (χ4v) is 4.27. The Morgan fingerprint density at radius 2 is 1.90 bits per heavy atom. The molecule has 1 atom stereocenters. The number of carbonyl (C=O) groups is 1. The van der Waals surface area contributed by atoms with Crippen molar-refractivity contribution in [3.8, 4) is 0 Å². The molecular weight excluding hydrogens is 286 g/mol. The first-order valence-electron chi connectivity index (χ1n) is 7.79. The summed E-state index contributed by atoms with van der Waals surface area (Å²) < 4.78 is 0. The first kappa shape index (κ1) is 14.9. The van der Waals surface area contributed by atoms with Crippen LogP contribution in [0.2, 0.25) is 5.02 Å². The number of hydrogen-bond acceptors (Lipinski definition) is 2. The van der Waals surface area contributed by atoms with Gasteiger partial charge in [-0.15, -0.1) is 0 Å². The van der Waals surface area contributed by atoms with Crippen LogP contribution >= 0.6 is 11.6 Å². The van der Waals surface area contributed by atoms with Crippen LogP contribution in [0, 0.1) is 11.3 Å². The topological polar surface area (TPSA) is 40.5 Å². The lowest BCUT2D eigenvalue weighted by Gasteiger charge is -2.36. The summed E-state index contributed by atoms with van der Waals surface area (Å²) in [6.45, 7) is 2.42. The number of hydrogen-bond donors (Lipinski definition) is 1. The Hall–Kier alpha value is -1.06. The lowest BCUT2D eigenvalue weighted by molar-refractivity contribution is -0.145. The maximum Gasteiger partial charge on any atom is 0.308 e. The number of carboxylic acids is 1. The maximum absolute atomic E-state index is 11.7. The van der Waals surface area contributed by atoms with Gasteiger partial charge in [-0.25, -0.2) is 0 Å². The monoisotopic (exact) mass is 307 g/mol. The average molecular weight is 308 g/mol. The summed E-state index contributed by atoms with van der Waals surface area (Å²) in [5.74, 6) is -0.819. The van der Waals surface area contributed by atoms with E-state index in [2.05, 4.69) is 4.90 Å². The number of aliphatic carboxylic acids is 1. The molecule has 1 aliphatic heterocycles. The first-order valence-corrected chi connectivity index (χ1v) is 8.16. The zero-order chi connectivity index (χ0) is 14.9. The fraction of sp³-hybridized carbons (Fsp3) is 0.588. The quantitative estimate of drug-likeness (QED) is 0.923. The second-order valence-corrected chi connectivity index (χ2v) is 7.05. The zero-order valence-electron chi connectivity index (χ0n) is 12.2. The molecule has 2 aliphatic rings. The smallest absolute Gasteiger partial charge is 0.308 e. The van der Waals surface area contributed by atoms with Gasteiger partial charge in [0.05, 0.1) is 5.92 Å². The molecule has 1 aromatic carbocycles. The summed E-state index contributed by atoms with van der Waals surface area (Å²) >= 11 is 5.92. The van der Waals surface area contributed by atoms with Gasteiger partial charge < -0.3 is 5.11 Å². The van der Waals surface area contributed by atoms with E-state index in [1.165, 1.54) is 24.8 Å². The molecule has 0 radical (unpaired) electrons. The van der Waals surface area contributed by atoms with Crippen molar-refractivity contribution in [3.63, 3.8) is 0 Å². The molecule has 1 saturated heterocycles. The lowest BCUT2D eigenvalue weighted by atomic mass is 9.68. The van der Waals surface area contributed by atoms with Crippen molar-refractivity contribution >= 4 is 17.6 Å². The summed E-state index contributed by atoms with van der Waals surface area (Å²) in [5.41, 5.74) is 1.22. The van der Waals surface area contributed by atoms with Gasteiger partial charge in [0.1, 0.15) is 0 Å². The Labute approximate surface area is 130 Å². The van der Waals surface area contributed by atoms with E-state index in [0.717, 1.165) is 31.0 Å². The molecule has 0 unspecified atom stereocenters. The van der Waals surface area contributed by atoms with Crippen LogP contribution in [0.3, 0.4) is 0 Å². The van der Waals surface area contributed by atoms with Crippen LogP contribution in [0.15, 0.2) is 24.3 Å². The molecule has 1 heterocycles. The normalized spacial score (nSPS) is 25.3. The van der Waals surface area contributed by atoms with E-state index in [1.807, 2.05) is 24.3 Å². The molecule has 1 N–H and O–H groups in total. The van der Waals surface area contributed by atoms with Gasteiger partial charge >= 0.3 is 5.97 Å². The standard InChI is InChI=1S/C17H22ClNO2/c18-14-6-4-13(5-7-14)10-19-11-15(16(20)21)17(12-19)8-2-1-3-9-17/h4-7,15H,1-3,8-12H2,(H,20,21)/t15-/m0/s1. The lowest BCUT2D eigenvalue weighted by Crippen LogP contribution is -2.36. The maximum atomic E-state index is 11.7. The van der Waals surface area contributed by atoms with E-state index in [4.69, 9.17) is 11.6 Å². The number of likely N-dealkylation sites (tertiary alicyclic amines) is 1. The molecule has 0 bridgehead atoms. The highest BCUT2D eigenvalue weighted by molar-refractivity contribution is 6.30. The Kier molecular flexibility index (Phi) is 4.23. The van der Waals surface area contributed by atoms with Gasteiger partial charge in [0.15, 0.2) is 0 Å². The van der Waals surface area contributed by atoms with Crippen LogP contribution in [0.5, 0.6) is 0 Å². The minimum Gasteiger partial charge on any atom is -0.481 e. The van der Waals surface area contributed by atoms with Gasteiger partial charge in [-0.2, -0.15) is 0 Å². The van der Waals surface area contributed by atoms with E-state index in [1.54, 1.807) is 0 Å².